The second kappa shape index (κ2) is 7.63. The normalized spacial score (nSPS) is 14.0. The molecule has 2 aromatic rings. The number of hydrogen-bond acceptors (Lipinski definition) is 5. The van der Waals surface area contributed by atoms with Crippen LogP contribution in [0.25, 0.3) is 0 Å². The van der Waals surface area contributed by atoms with E-state index in [9.17, 15) is 14.4 Å². The summed E-state index contributed by atoms with van der Waals surface area (Å²) in [6, 6.07) is 13.6. The molecule has 1 N–H and O–H groups in total. The molecule has 6 nitrogen and oxygen atoms in total. The number of carbonyl (C=O) groups excluding carboxylic acids is 3. The SMILES string of the molecule is CCOC(=O)c1ccccc1N1C(=O)C(Cl)=C(Nc2cccc(C)c2)C1=O. The van der Waals surface area contributed by atoms with Gasteiger partial charge < -0.3 is 10.1 Å². The summed E-state index contributed by atoms with van der Waals surface area (Å²) in [5, 5.41) is 2.67. The van der Waals surface area contributed by atoms with E-state index >= 15 is 0 Å². The van der Waals surface area contributed by atoms with Crippen molar-refractivity contribution >= 4 is 40.8 Å². The predicted molar refractivity (Wildman–Crippen MR) is 103 cm³/mol. The van der Waals surface area contributed by atoms with Crippen LogP contribution in [0.15, 0.2) is 59.3 Å². The van der Waals surface area contributed by atoms with E-state index in [1.807, 2.05) is 25.1 Å². The molecular formula is C20H17ClN2O4. The average Bonchev–Trinajstić information content (AvgIpc) is 2.85. The Kier molecular flexibility index (Phi) is 5.28. The van der Waals surface area contributed by atoms with Gasteiger partial charge in [0, 0.05) is 5.69 Å². The smallest absolute Gasteiger partial charge is 0.340 e. The number of benzene rings is 2. The number of nitrogens with zero attached hydrogens (tertiary/aromatic N) is 1. The Morgan fingerprint density at radius 2 is 1.85 bits per heavy atom. The molecule has 1 heterocycles. The van der Waals surface area contributed by atoms with E-state index in [0.717, 1.165) is 10.5 Å². The Hall–Kier alpha value is -3.12. The highest BCUT2D eigenvalue weighted by molar-refractivity contribution is 6.53. The first-order chi connectivity index (χ1) is 12.9. The number of esters is 1. The molecule has 1 aliphatic rings. The molecule has 0 saturated carbocycles. The standard InChI is InChI=1S/C20H17ClN2O4/c1-3-27-20(26)14-9-4-5-10-15(14)23-18(24)16(21)17(19(23)25)22-13-8-6-7-12(2)11-13/h4-11,22H,3H2,1-2H3. The first kappa shape index (κ1) is 18.7. The fraction of sp³-hybridized carbons (Fsp3) is 0.150. The van der Waals surface area contributed by atoms with Gasteiger partial charge in [0.25, 0.3) is 11.8 Å². The molecule has 0 radical (unpaired) electrons. The van der Waals surface area contributed by atoms with Crippen molar-refractivity contribution in [3.8, 4) is 0 Å². The van der Waals surface area contributed by atoms with E-state index in [1.54, 1.807) is 25.1 Å². The highest BCUT2D eigenvalue weighted by Gasteiger charge is 2.40. The Bertz CT molecular complexity index is 968. The molecule has 0 saturated heterocycles. The molecule has 0 aliphatic carbocycles. The third kappa shape index (κ3) is 3.57. The Morgan fingerprint density at radius 3 is 2.56 bits per heavy atom. The van der Waals surface area contributed by atoms with Crippen LogP contribution < -0.4 is 10.2 Å². The summed E-state index contributed by atoms with van der Waals surface area (Å²) in [4.78, 5) is 38.6. The molecule has 0 atom stereocenters. The first-order valence-corrected chi connectivity index (χ1v) is 8.70. The fourth-order valence-electron chi connectivity index (χ4n) is 2.75. The minimum atomic E-state index is -0.700. The molecule has 1 aliphatic heterocycles. The van der Waals surface area contributed by atoms with Gasteiger partial charge in [0.1, 0.15) is 10.7 Å². The summed E-state index contributed by atoms with van der Waals surface area (Å²) in [6.07, 6.45) is 0. The molecular weight excluding hydrogens is 368 g/mol. The Labute approximate surface area is 161 Å². The summed E-state index contributed by atoms with van der Waals surface area (Å²) in [5.41, 5.74) is 1.82. The highest BCUT2D eigenvalue weighted by Crippen LogP contribution is 2.32. The summed E-state index contributed by atoms with van der Waals surface area (Å²) >= 11 is 6.14. The molecule has 3 rings (SSSR count). The zero-order chi connectivity index (χ0) is 19.6. The summed E-state index contributed by atoms with van der Waals surface area (Å²) in [5.74, 6) is -1.96. The highest BCUT2D eigenvalue weighted by atomic mass is 35.5. The van der Waals surface area contributed by atoms with Gasteiger partial charge in [0.15, 0.2) is 0 Å². The number of halogens is 1. The maximum Gasteiger partial charge on any atom is 0.340 e. The van der Waals surface area contributed by atoms with E-state index in [0.29, 0.717) is 5.69 Å². The van der Waals surface area contributed by atoms with Crippen LogP contribution in [0.5, 0.6) is 0 Å². The van der Waals surface area contributed by atoms with Crippen molar-refractivity contribution in [1.29, 1.82) is 0 Å². The van der Waals surface area contributed by atoms with E-state index in [-0.39, 0.29) is 28.6 Å². The Morgan fingerprint density at radius 1 is 1.11 bits per heavy atom. The number of rotatable bonds is 5. The van der Waals surface area contributed by atoms with Gasteiger partial charge >= 0.3 is 5.97 Å². The van der Waals surface area contributed by atoms with Gasteiger partial charge in [-0.05, 0) is 43.7 Å². The number of aryl methyl sites for hydroxylation is 1. The molecule has 0 fully saturated rings. The van der Waals surface area contributed by atoms with Crippen molar-refractivity contribution in [1.82, 2.24) is 0 Å². The molecule has 0 unspecified atom stereocenters. The first-order valence-electron chi connectivity index (χ1n) is 8.32. The number of amides is 2. The lowest BCUT2D eigenvalue weighted by molar-refractivity contribution is -0.120. The van der Waals surface area contributed by atoms with Crippen molar-refractivity contribution in [2.24, 2.45) is 0 Å². The van der Waals surface area contributed by atoms with Gasteiger partial charge in [-0.25, -0.2) is 9.69 Å². The minimum Gasteiger partial charge on any atom is -0.462 e. The summed E-state index contributed by atoms with van der Waals surface area (Å²) in [6.45, 7) is 3.76. The van der Waals surface area contributed by atoms with E-state index in [2.05, 4.69) is 5.32 Å². The average molecular weight is 385 g/mol. The van der Waals surface area contributed by atoms with Crippen LogP contribution in [0.1, 0.15) is 22.8 Å². The van der Waals surface area contributed by atoms with Gasteiger partial charge in [0.05, 0.1) is 17.9 Å². The molecule has 0 spiro atoms. The molecule has 2 amide bonds. The van der Waals surface area contributed by atoms with Crippen LogP contribution in [0, 0.1) is 6.92 Å². The maximum absolute atomic E-state index is 12.9. The number of nitrogens with one attached hydrogen (secondary N) is 1. The molecule has 7 heteroatoms. The zero-order valence-corrected chi connectivity index (χ0v) is 15.5. The molecule has 138 valence electrons. The maximum atomic E-state index is 12.9. The van der Waals surface area contributed by atoms with E-state index < -0.39 is 17.8 Å². The van der Waals surface area contributed by atoms with Crippen LogP contribution in [-0.2, 0) is 14.3 Å². The van der Waals surface area contributed by atoms with Crippen LogP contribution in [-0.4, -0.2) is 24.4 Å². The van der Waals surface area contributed by atoms with Crippen LogP contribution in [0.3, 0.4) is 0 Å². The third-order valence-electron chi connectivity index (χ3n) is 3.96. The van der Waals surface area contributed by atoms with Crippen LogP contribution >= 0.6 is 11.6 Å². The van der Waals surface area contributed by atoms with Gasteiger partial charge in [-0.3, -0.25) is 9.59 Å². The largest absolute Gasteiger partial charge is 0.462 e. The quantitative estimate of drug-likeness (QED) is 0.629. The van der Waals surface area contributed by atoms with Crippen LogP contribution in [0.4, 0.5) is 11.4 Å². The topological polar surface area (TPSA) is 75.7 Å². The number of anilines is 2. The number of para-hydroxylation sites is 1. The Balaban J connectivity index is 1.96. The molecule has 0 bridgehead atoms. The lowest BCUT2D eigenvalue weighted by Gasteiger charge is -2.18. The number of imide groups is 1. The lowest BCUT2D eigenvalue weighted by atomic mass is 10.1. The number of hydrogen-bond donors (Lipinski definition) is 1. The van der Waals surface area contributed by atoms with Gasteiger partial charge in [-0.15, -0.1) is 0 Å². The monoisotopic (exact) mass is 384 g/mol. The number of ether oxygens (including phenoxy) is 1. The second-order valence-electron chi connectivity index (χ2n) is 5.87. The molecule has 2 aromatic carbocycles. The lowest BCUT2D eigenvalue weighted by Crippen LogP contribution is -2.33. The van der Waals surface area contributed by atoms with Crippen molar-refractivity contribution in [2.75, 3.05) is 16.8 Å². The zero-order valence-electron chi connectivity index (χ0n) is 14.8. The summed E-state index contributed by atoms with van der Waals surface area (Å²) < 4.78 is 5.01. The van der Waals surface area contributed by atoms with Crippen molar-refractivity contribution in [2.45, 2.75) is 13.8 Å². The van der Waals surface area contributed by atoms with E-state index in [1.165, 1.54) is 12.1 Å². The number of carbonyl (C=O) groups is 3. The minimum absolute atomic E-state index is 0.0362. The molecule has 0 aromatic heterocycles. The fourth-order valence-corrected chi connectivity index (χ4v) is 2.96. The van der Waals surface area contributed by atoms with Crippen LogP contribution in [0.2, 0.25) is 0 Å². The molecule has 27 heavy (non-hydrogen) atoms. The second-order valence-corrected chi connectivity index (χ2v) is 6.24. The van der Waals surface area contributed by atoms with Crippen molar-refractivity contribution in [3.63, 3.8) is 0 Å². The van der Waals surface area contributed by atoms with Crippen molar-refractivity contribution < 1.29 is 19.1 Å². The third-order valence-corrected chi connectivity index (χ3v) is 4.31. The van der Waals surface area contributed by atoms with Gasteiger partial charge in [0.2, 0.25) is 0 Å². The van der Waals surface area contributed by atoms with Gasteiger partial charge in [-0.1, -0.05) is 35.9 Å². The van der Waals surface area contributed by atoms with E-state index in [4.69, 9.17) is 16.3 Å². The van der Waals surface area contributed by atoms with Gasteiger partial charge in [-0.2, -0.15) is 0 Å². The predicted octanol–water partition coefficient (Wildman–Crippen LogP) is 3.61. The summed E-state index contributed by atoms with van der Waals surface area (Å²) in [7, 11) is 0. The van der Waals surface area contributed by atoms with Crippen molar-refractivity contribution in [3.05, 3.63) is 70.4 Å².